The van der Waals surface area contributed by atoms with Crippen molar-refractivity contribution < 1.29 is 4.74 Å². The van der Waals surface area contributed by atoms with Gasteiger partial charge in [-0.15, -0.1) is 0 Å². The zero-order valence-corrected chi connectivity index (χ0v) is 20.5. The number of nitrogens with one attached hydrogen (secondary N) is 1. The number of nitrogens with zero attached hydrogens (tertiary/aromatic N) is 2. The predicted octanol–water partition coefficient (Wildman–Crippen LogP) is 5.73. The summed E-state index contributed by atoms with van der Waals surface area (Å²) in [4.78, 5) is 2.69. The highest BCUT2D eigenvalue weighted by atomic mass is 32.1. The van der Waals surface area contributed by atoms with Crippen LogP contribution in [0.5, 0.6) is 5.75 Å². The van der Waals surface area contributed by atoms with Crippen molar-refractivity contribution in [1.29, 1.82) is 0 Å². The molecule has 3 N–H and O–H groups in total. The summed E-state index contributed by atoms with van der Waals surface area (Å²) in [7, 11) is 0. The predicted molar refractivity (Wildman–Crippen MR) is 141 cm³/mol. The molecule has 0 bridgehead atoms. The third-order valence-electron chi connectivity index (χ3n) is 7.32. The second-order valence-corrected chi connectivity index (χ2v) is 9.89. The van der Waals surface area contributed by atoms with Gasteiger partial charge in [-0.1, -0.05) is 6.92 Å². The third kappa shape index (κ3) is 4.34. The van der Waals surface area contributed by atoms with E-state index in [1.54, 1.807) is 0 Å². The summed E-state index contributed by atoms with van der Waals surface area (Å²) in [5.74, 6) is 1.49. The first-order valence-electron chi connectivity index (χ1n) is 12.2. The number of benzene rings is 2. The van der Waals surface area contributed by atoms with E-state index < -0.39 is 0 Å². The maximum absolute atomic E-state index is 5.81. The molecule has 33 heavy (non-hydrogen) atoms. The Morgan fingerprint density at radius 2 is 1.97 bits per heavy atom. The summed E-state index contributed by atoms with van der Waals surface area (Å²) in [6, 6.07) is 15.7. The molecule has 0 radical (unpaired) electrons. The largest absolute Gasteiger partial charge is 0.494 e. The van der Waals surface area contributed by atoms with Crippen molar-refractivity contribution in [3.63, 3.8) is 0 Å². The molecule has 0 amide bonds. The maximum Gasteiger partial charge on any atom is 0.168 e. The van der Waals surface area contributed by atoms with E-state index in [-0.39, 0.29) is 0 Å². The van der Waals surface area contributed by atoms with Crippen molar-refractivity contribution in [3.8, 4) is 11.4 Å². The SMILES string of the molecule is CCCOc1ccc(-n2c(C)c(C3CCN4CCCC4C3)c3cc(NC(N)=S)ccc32)cc1. The number of thiocarbonyl (C=S) groups is 1. The molecule has 2 fully saturated rings. The molecule has 2 saturated heterocycles. The monoisotopic (exact) mass is 462 g/mol. The molecule has 2 unspecified atom stereocenters. The molecule has 6 heteroatoms. The van der Waals surface area contributed by atoms with Gasteiger partial charge in [0.15, 0.2) is 5.11 Å². The Morgan fingerprint density at radius 3 is 2.73 bits per heavy atom. The topological polar surface area (TPSA) is 55.5 Å². The Morgan fingerprint density at radius 1 is 1.15 bits per heavy atom. The molecular weight excluding hydrogens is 428 g/mol. The van der Waals surface area contributed by atoms with E-state index in [2.05, 4.69) is 71.1 Å². The van der Waals surface area contributed by atoms with E-state index >= 15 is 0 Å². The summed E-state index contributed by atoms with van der Waals surface area (Å²) in [5.41, 5.74) is 11.9. The molecule has 2 aliphatic heterocycles. The highest BCUT2D eigenvalue weighted by Gasteiger charge is 2.34. The van der Waals surface area contributed by atoms with Crippen LogP contribution in [0.1, 0.15) is 56.2 Å². The second-order valence-electron chi connectivity index (χ2n) is 9.45. The van der Waals surface area contributed by atoms with E-state index in [9.17, 15) is 0 Å². The van der Waals surface area contributed by atoms with Crippen LogP contribution in [0.4, 0.5) is 5.69 Å². The van der Waals surface area contributed by atoms with Gasteiger partial charge >= 0.3 is 0 Å². The first-order chi connectivity index (χ1) is 16.0. The smallest absolute Gasteiger partial charge is 0.168 e. The lowest BCUT2D eigenvalue weighted by molar-refractivity contribution is 0.181. The molecule has 0 aliphatic carbocycles. The molecule has 1 aromatic heterocycles. The molecule has 0 spiro atoms. The Balaban J connectivity index is 1.59. The zero-order valence-electron chi connectivity index (χ0n) is 19.6. The van der Waals surface area contributed by atoms with Gasteiger partial charge in [0.2, 0.25) is 0 Å². The molecule has 2 aromatic carbocycles. The maximum atomic E-state index is 5.81. The van der Waals surface area contributed by atoms with Gasteiger partial charge in [-0.05, 0) is 118 Å². The quantitative estimate of drug-likeness (QED) is 0.459. The molecule has 3 aromatic rings. The summed E-state index contributed by atoms with van der Waals surface area (Å²) >= 11 is 5.10. The molecule has 2 atom stereocenters. The molecule has 0 saturated carbocycles. The summed E-state index contributed by atoms with van der Waals surface area (Å²) in [6.45, 7) is 7.62. The average Bonchev–Trinajstić information content (AvgIpc) is 3.38. The van der Waals surface area contributed by atoms with Gasteiger partial charge in [-0.2, -0.15) is 0 Å². The van der Waals surface area contributed by atoms with Gasteiger partial charge in [-0.3, -0.25) is 0 Å². The summed E-state index contributed by atoms with van der Waals surface area (Å²) in [5, 5.41) is 4.74. The van der Waals surface area contributed by atoms with Crippen molar-refractivity contribution in [2.45, 2.75) is 57.9 Å². The lowest BCUT2D eigenvalue weighted by atomic mass is 9.84. The average molecular weight is 463 g/mol. The van der Waals surface area contributed by atoms with Crippen LogP contribution >= 0.6 is 12.2 Å². The summed E-state index contributed by atoms with van der Waals surface area (Å²) < 4.78 is 8.21. The number of hydrogen-bond acceptors (Lipinski definition) is 3. The Kier molecular flexibility index (Phi) is 6.30. The van der Waals surface area contributed by atoms with Gasteiger partial charge in [0.05, 0.1) is 12.1 Å². The van der Waals surface area contributed by atoms with Gasteiger partial charge < -0.3 is 25.3 Å². The third-order valence-corrected chi connectivity index (χ3v) is 7.42. The first kappa shape index (κ1) is 22.2. The van der Waals surface area contributed by atoms with Crippen LogP contribution in [0, 0.1) is 6.92 Å². The van der Waals surface area contributed by atoms with Crippen LogP contribution in [0.25, 0.3) is 16.6 Å². The molecule has 174 valence electrons. The van der Waals surface area contributed by atoms with E-state index in [1.165, 1.54) is 66.6 Å². The van der Waals surface area contributed by atoms with Crippen LogP contribution in [-0.4, -0.2) is 40.3 Å². The van der Waals surface area contributed by atoms with E-state index in [4.69, 9.17) is 22.7 Å². The lowest BCUT2D eigenvalue weighted by Gasteiger charge is -2.35. The van der Waals surface area contributed by atoms with Crippen molar-refractivity contribution in [3.05, 3.63) is 53.7 Å². The molecule has 5 nitrogen and oxygen atoms in total. The molecular formula is C27H34N4OS. The number of anilines is 1. The van der Waals surface area contributed by atoms with Gasteiger partial charge in [0, 0.05) is 28.5 Å². The number of aromatic nitrogens is 1. The van der Waals surface area contributed by atoms with Crippen LogP contribution in [-0.2, 0) is 0 Å². The van der Waals surface area contributed by atoms with Gasteiger partial charge in [0.25, 0.3) is 0 Å². The number of nitrogens with two attached hydrogens (primary N) is 1. The Hall–Kier alpha value is -2.57. The van der Waals surface area contributed by atoms with Gasteiger partial charge in [-0.25, -0.2) is 0 Å². The van der Waals surface area contributed by atoms with Crippen LogP contribution < -0.4 is 15.8 Å². The number of ether oxygens (including phenoxy) is 1. The van der Waals surface area contributed by atoms with Crippen LogP contribution in [0.2, 0.25) is 0 Å². The van der Waals surface area contributed by atoms with E-state index in [0.29, 0.717) is 11.0 Å². The highest BCUT2D eigenvalue weighted by Crippen LogP contribution is 2.43. The van der Waals surface area contributed by atoms with Crippen molar-refractivity contribution in [2.75, 3.05) is 25.0 Å². The van der Waals surface area contributed by atoms with Gasteiger partial charge in [0.1, 0.15) is 5.75 Å². The lowest BCUT2D eigenvalue weighted by Crippen LogP contribution is -2.37. The zero-order chi connectivity index (χ0) is 22.9. The molecule has 2 aliphatic rings. The minimum absolute atomic E-state index is 0.300. The fraction of sp³-hybridized carbons (Fsp3) is 0.444. The first-order valence-corrected chi connectivity index (χ1v) is 12.6. The molecule has 3 heterocycles. The van der Waals surface area contributed by atoms with Crippen molar-refractivity contribution in [1.82, 2.24) is 9.47 Å². The van der Waals surface area contributed by atoms with Crippen molar-refractivity contribution >= 4 is 33.9 Å². The highest BCUT2D eigenvalue weighted by molar-refractivity contribution is 7.80. The fourth-order valence-electron chi connectivity index (χ4n) is 5.91. The fourth-order valence-corrected chi connectivity index (χ4v) is 6.03. The van der Waals surface area contributed by atoms with Crippen LogP contribution in [0.3, 0.4) is 0 Å². The number of rotatable bonds is 6. The Labute approximate surface area is 201 Å². The van der Waals surface area contributed by atoms with Crippen LogP contribution in [0.15, 0.2) is 42.5 Å². The van der Waals surface area contributed by atoms with E-state index in [0.717, 1.165) is 30.5 Å². The number of piperidine rings is 1. The second kappa shape index (κ2) is 9.35. The normalized spacial score (nSPS) is 20.7. The minimum atomic E-state index is 0.300. The summed E-state index contributed by atoms with van der Waals surface area (Å²) in [6.07, 6.45) is 6.15. The number of fused-ring (bicyclic) bond motifs is 2. The standard InChI is InChI=1S/C27H34N4OS/c1-3-15-32-23-9-7-21(8-10-23)31-18(2)26(19-12-14-30-13-4-5-22(30)16-19)24-17-20(29-27(28)33)6-11-25(24)31/h6-11,17,19,22H,3-5,12-16H2,1-2H3,(H3,28,29,33). The van der Waals surface area contributed by atoms with E-state index in [1.807, 2.05) is 0 Å². The minimum Gasteiger partial charge on any atom is -0.494 e. The number of hydrogen-bond donors (Lipinski definition) is 2. The Bertz CT molecular complexity index is 1150. The van der Waals surface area contributed by atoms with Crippen molar-refractivity contribution in [2.24, 2.45) is 5.73 Å². The molecule has 5 rings (SSSR count).